The molecule has 0 atom stereocenters. The Morgan fingerprint density at radius 2 is 2.06 bits per heavy atom. The van der Waals surface area contributed by atoms with Gasteiger partial charge >= 0.3 is 0 Å². The van der Waals surface area contributed by atoms with Gasteiger partial charge in [0.15, 0.2) is 0 Å². The van der Waals surface area contributed by atoms with Crippen molar-refractivity contribution in [2.24, 2.45) is 5.41 Å². The highest BCUT2D eigenvalue weighted by Gasteiger charge is 2.12. The monoisotopic (exact) mass is 221 g/mol. The summed E-state index contributed by atoms with van der Waals surface area (Å²) in [6, 6.07) is 6.57. The second-order valence-electron chi connectivity index (χ2n) is 5.16. The second-order valence-corrected chi connectivity index (χ2v) is 5.16. The fourth-order valence-electron chi connectivity index (χ4n) is 1.30. The summed E-state index contributed by atoms with van der Waals surface area (Å²) in [7, 11) is 0. The third-order valence-electron chi connectivity index (χ3n) is 2.23. The summed E-state index contributed by atoms with van der Waals surface area (Å²) in [5.41, 5.74) is 0.801. The summed E-state index contributed by atoms with van der Waals surface area (Å²) in [6.45, 7) is 6.32. The molecule has 0 saturated carbocycles. The van der Waals surface area contributed by atoms with Crippen LogP contribution in [-0.2, 0) is 4.79 Å². The maximum atomic E-state index is 11.6. The predicted octanol–water partition coefficient (Wildman–Crippen LogP) is 3.16. The molecule has 0 saturated heterocycles. The van der Waals surface area contributed by atoms with Crippen LogP contribution in [0.25, 0.3) is 0 Å². The van der Waals surface area contributed by atoms with Crippen LogP contribution in [0.5, 0.6) is 5.75 Å². The highest BCUT2D eigenvalue weighted by molar-refractivity contribution is 5.90. The number of anilines is 1. The lowest BCUT2D eigenvalue weighted by Gasteiger charge is -2.17. The molecule has 0 aliphatic heterocycles. The number of carbonyl (C=O) groups is 1. The van der Waals surface area contributed by atoms with Gasteiger partial charge in [0.25, 0.3) is 0 Å². The van der Waals surface area contributed by atoms with Crippen LogP contribution in [-0.4, -0.2) is 11.0 Å². The Bertz CT molecular complexity index is 366. The maximum absolute atomic E-state index is 11.6. The van der Waals surface area contributed by atoms with Gasteiger partial charge in [0.2, 0.25) is 5.91 Å². The third kappa shape index (κ3) is 4.82. The molecule has 0 aromatic heterocycles. The molecule has 16 heavy (non-hydrogen) atoms. The summed E-state index contributed by atoms with van der Waals surface area (Å²) in [5, 5.41) is 12.0. The van der Waals surface area contributed by atoms with Crippen LogP contribution in [0.1, 0.15) is 33.6 Å². The van der Waals surface area contributed by atoms with Gasteiger partial charge in [0.1, 0.15) is 5.75 Å². The number of aromatic hydroxyl groups is 1. The van der Waals surface area contributed by atoms with E-state index in [0.29, 0.717) is 12.1 Å². The molecule has 0 fully saturated rings. The van der Waals surface area contributed by atoms with E-state index in [1.807, 2.05) is 0 Å². The molecular weight excluding hydrogens is 202 g/mol. The van der Waals surface area contributed by atoms with Gasteiger partial charge in [-0.3, -0.25) is 4.79 Å². The van der Waals surface area contributed by atoms with Crippen molar-refractivity contribution in [2.75, 3.05) is 5.32 Å². The molecule has 0 radical (unpaired) electrons. The lowest BCUT2D eigenvalue weighted by atomic mass is 9.90. The number of hydrogen-bond donors (Lipinski definition) is 2. The fourth-order valence-corrected chi connectivity index (χ4v) is 1.30. The summed E-state index contributed by atoms with van der Waals surface area (Å²) < 4.78 is 0. The molecule has 0 aliphatic rings. The molecule has 1 amide bonds. The van der Waals surface area contributed by atoms with E-state index < -0.39 is 0 Å². The first-order chi connectivity index (χ1) is 7.37. The number of hydrogen-bond acceptors (Lipinski definition) is 2. The van der Waals surface area contributed by atoms with E-state index >= 15 is 0 Å². The van der Waals surface area contributed by atoms with E-state index in [9.17, 15) is 9.90 Å². The van der Waals surface area contributed by atoms with Gasteiger partial charge in [0, 0.05) is 18.2 Å². The summed E-state index contributed by atoms with van der Waals surface area (Å²) in [4.78, 5) is 11.6. The van der Waals surface area contributed by atoms with E-state index in [4.69, 9.17) is 0 Å². The number of benzene rings is 1. The first-order valence-corrected chi connectivity index (χ1v) is 5.46. The van der Waals surface area contributed by atoms with Crippen LogP contribution in [0.15, 0.2) is 24.3 Å². The molecule has 0 unspecified atom stereocenters. The van der Waals surface area contributed by atoms with Crippen molar-refractivity contribution >= 4 is 11.6 Å². The third-order valence-corrected chi connectivity index (χ3v) is 2.23. The zero-order valence-electron chi connectivity index (χ0n) is 10.1. The Balaban J connectivity index is 2.46. The molecule has 1 aromatic carbocycles. The van der Waals surface area contributed by atoms with Crippen molar-refractivity contribution < 1.29 is 9.90 Å². The Hall–Kier alpha value is -1.51. The quantitative estimate of drug-likeness (QED) is 0.823. The number of phenols is 1. The molecular formula is C13H19NO2. The smallest absolute Gasteiger partial charge is 0.224 e. The van der Waals surface area contributed by atoms with Gasteiger partial charge in [-0.05, 0) is 24.0 Å². The van der Waals surface area contributed by atoms with Crippen molar-refractivity contribution in [1.29, 1.82) is 0 Å². The van der Waals surface area contributed by atoms with Crippen molar-refractivity contribution in [2.45, 2.75) is 33.6 Å². The molecule has 0 heterocycles. The number of carbonyl (C=O) groups excluding carboxylic acids is 1. The predicted molar refractivity (Wildman–Crippen MR) is 65.4 cm³/mol. The van der Waals surface area contributed by atoms with Gasteiger partial charge in [0.05, 0.1) is 0 Å². The minimum absolute atomic E-state index is 0.0134. The molecule has 1 aromatic rings. The highest BCUT2D eigenvalue weighted by atomic mass is 16.3. The molecule has 3 heteroatoms. The zero-order valence-corrected chi connectivity index (χ0v) is 10.1. The van der Waals surface area contributed by atoms with E-state index in [1.54, 1.807) is 18.2 Å². The van der Waals surface area contributed by atoms with Crippen LogP contribution in [0.4, 0.5) is 5.69 Å². The number of amides is 1. The first-order valence-electron chi connectivity index (χ1n) is 5.46. The minimum Gasteiger partial charge on any atom is -0.508 e. The molecule has 0 spiro atoms. The average Bonchev–Trinajstić information content (AvgIpc) is 2.14. The van der Waals surface area contributed by atoms with Gasteiger partial charge in [-0.2, -0.15) is 0 Å². The van der Waals surface area contributed by atoms with E-state index in [-0.39, 0.29) is 17.1 Å². The summed E-state index contributed by atoms with van der Waals surface area (Å²) in [6.07, 6.45) is 1.34. The maximum Gasteiger partial charge on any atom is 0.224 e. The highest BCUT2D eigenvalue weighted by Crippen LogP contribution is 2.21. The normalized spacial score (nSPS) is 11.2. The second kappa shape index (κ2) is 5.01. The Labute approximate surface area is 96.5 Å². The molecule has 1 rings (SSSR count). The Kier molecular flexibility index (Phi) is 3.93. The summed E-state index contributed by atoms with van der Waals surface area (Å²) >= 11 is 0. The van der Waals surface area contributed by atoms with Gasteiger partial charge in [-0.25, -0.2) is 0 Å². The van der Waals surface area contributed by atoms with Crippen LogP contribution >= 0.6 is 0 Å². The van der Waals surface area contributed by atoms with Crippen LogP contribution in [0.3, 0.4) is 0 Å². The van der Waals surface area contributed by atoms with E-state index in [1.165, 1.54) is 6.07 Å². The fraction of sp³-hybridized carbons (Fsp3) is 0.462. The topological polar surface area (TPSA) is 49.3 Å². The van der Waals surface area contributed by atoms with Gasteiger partial charge in [-0.15, -0.1) is 0 Å². The SMILES string of the molecule is CC(C)(C)CCC(=O)Nc1cccc(O)c1. The number of phenolic OH excluding ortho intramolecular Hbond substituents is 1. The number of rotatable bonds is 3. The van der Waals surface area contributed by atoms with Crippen molar-refractivity contribution in [1.82, 2.24) is 0 Å². The Morgan fingerprint density at radius 1 is 1.38 bits per heavy atom. The van der Waals surface area contributed by atoms with Crippen molar-refractivity contribution in [3.63, 3.8) is 0 Å². The van der Waals surface area contributed by atoms with Gasteiger partial charge < -0.3 is 10.4 Å². The molecule has 88 valence electrons. The zero-order chi connectivity index (χ0) is 12.2. The largest absolute Gasteiger partial charge is 0.508 e. The molecule has 0 bridgehead atoms. The molecule has 3 nitrogen and oxygen atoms in total. The Morgan fingerprint density at radius 3 is 2.62 bits per heavy atom. The van der Waals surface area contributed by atoms with Crippen LogP contribution in [0, 0.1) is 5.41 Å². The average molecular weight is 221 g/mol. The van der Waals surface area contributed by atoms with Gasteiger partial charge in [-0.1, -0.05) is 26.8 Å². The van der Waals surface area contributed by atoms with Crippen LogP contribution in [0.2, 0.25) is 0 Å². The molecule has 2 N–H and O–H groups in total. The number of nitrogens with one attached hydrogen (secondary N) is 1. The summed E-state index contributed by atoms with van der Waals surface area (Å²) in [5.74, 6) is 0.147. The first kappa shape index (κ1) is 12.6. The van der Waals surface area contributed by atoms with E-state index in [0.717, 1.165) is 6.42 Å². The van der Waals surface area contributed by atoms with Crippen molar-refractivity contribution in [3.05, 3.63) is 24.3 Å². The lowest BCUT2D eigenvalue weighted by molar-refractivity contribution is -0.116. The lowest BCUT2D eigenvalue weighted by Crippen LogP contribution is -2.15. The minimum atomic E-state index is -0.0134. The van der Waals surface area contributed by atoms with E-state index in [2.05, 4.69) is 26.1 Å². The molecule has 0 aliphatic carbocycles. The van der Waals surface area contributed by atoms with Crippen LogP contribution < -0.4 is 5.32 Å². The van der Waals surface area contributed by atoms with Crippen molar-refractivity contribution in [3.8, 4) is 5.75 Å². The standard InChI is InChI=1S/C13H19NO2/c1-13(2,3)8-7-12(16)14-10-5-4-6-11(15)9-10/h4-6,9,15H,7-8H2,1-3H3,(H,14,16).